The van der Waals surface area contributed by atoms with Crippen molar-refractivity contribution in [2.75, 3.05) is 7.11 Å². The summed E-state index contributed by atoms with van der Waals surface area (Å²) in [5.74, 6) is 0.850. The third-order valence-electron chi connectivity index (χ3n) is 2.53. The lowest BCUT2D eigenvalue weighted by Crippen LogP contribution is -1.87. The van der Waals surface area contributed by atoms with Crippen molar-refractivity contribution in [1.29, 1.82) is 0 Å². The number of aryl methyl sites for hydroxylation is 1. The van der Waals surface area contributed by atoms with Crippen LogP contribution in [-0.4, -0.2) is 12.1 Å². The fraction of sp³-hybridized carbons (Fsp3) is 0.250. The normalized spacial score (nSPS) is 10.3. The summed E-state index contributed by atoms with van der Waals surface area (Å²) in [6, 6.07) is 3.83. The molecule has 0 N–H and O–H groups in total. The second-order valence-corrected chi connectivity index (χ2v) is 4.50. The van der Waals surface area contributed by atoms with E-state index in [-0.39, 0.29) is 0 Å². The molecule has 3 heteroatoms. The van der Waals surface area contributed by atoms with Crippen molar-refractivity contribution in [1.82, 2.24) is 4.98 Å². The van der Waals surface area contributed by atoms with Gasteiger partial charge in [0, 0.05) is 28.1 Å². The number of ether oxygens (including phenoxy) is 1. The Balaban J connectivity index is 2.49. The first-order chi connectivity index (χ1) is 7.22. The minimum Gasteiger partial charge on any atom is -0.497 e. The van der Waals surface area contributed by atoms with Crippen LogP contribution >= 0.6 is 11.3 Å². The number of methoxy groups -OCH3 is 1. The average Bonchev–Trinajstić information content (AvgIpc) is 2.60. The van der Waals surface area contributed by atoms with E-state index in [1.807, 2.05) is 12.1 Å². The van der Waals surface area contributed by atoms with Gasteiger partial charge in [0.15, 0.2) is 0 Å². The van der Waals surface area contributed by atoms with E-state index >= 15 is 0 Å². The zero-order valence-electron chi connectivity index (χ0n) is 9.07. The van der Waals surface area contributed by atoms with Crippen LogP contribution in [-0.2, 0) is 0 Å². The van der Waals surface area contributed by atoms with Crippen molar-refractivity contribution >= 4 is 11.3 Å². The monoisotopic (exact) mass is 219 g/mol. The highest BCUT2D eigenvalue weighted by molar-refractivity contribution is 7.10. The predicted octanol–water partition coefficient (Wildman–Crippen LogP) is 3.44. The molecule has 2 heterocycles. The van der Waals surface area contributed by atoms with E-state index in [4.69, 9.17) is 4.74 Å². The molecule has 2 rings (SSSR count). The Hall–Kier alpha value is -1.35. The van der Waals surface area contributed by atoms with Crippen molar-refractivity contribution in [2.45, 2.75) is 13.8 Å². The fourth-order valence-electron chi connectivity index (χ4n) is 1.45. The van der Waals surface area contributed by atoms with Gasteiger partial charge in [-0.3, -0.25) is 4.98 Å². The van der Waals surface area contributed by atoms with Gasteiger partial charge in [-0.1, -0.05) is 0 Å². The van der Waals surface area contributed by atoms with E-state index < -0.39 is 0 Å². The van der Waals surface area contributed by atoms with Gasteiger partial charge in [0.1, 0.15) is 5.75 Å². The van der Waals surface area contributed by atoms with Gasteiger partial charge in [0.25, 0.3) is 0 Å². The summed E-state index contributed by atoms with van der Waals surface area (Å²) in [6.45, 7) is 4.26. The zero-order chi connectivity index (χ0) is 10.8. The van der Waals surface area contributed by atoms with Gasteiger partial charge in [-0.2, -0.15) is 0 Å². The molecule has 0 bridgehead atoms. The van der Waals surface area contributed by atoms with Crippen LogP contribution in [0.4, 0.5) is 0 Å². The molecule has 0 atom stereocenters. The van der Waals surface area contributed by atoms with Gasteiger partial charge in [-0.05, 0) is 25.5 Å². The molecule has 0 aliphatic rings. The third-order valence-corrected chi connectivity index (χ3v) is 3.54. The van der Waals surface area contributed by atoms with E-state index in [2.05, 4.69) is 24.2 Å². The molecule has 0 aliphatic carbocycles. The van der Waals surface area contributed by atoms with Gasteiger partial charge in [0.2, 0.25) is 0 Å². The predicted molar refractivity (Wildman–Crippen MR) is 63.6 cm³/mol. The van der Waals surface area contributed by atoms with Crippen molar-refractivity contribution in [2.24, 2.45) is 0 Å². The number of rotatable bonds is 2. The largest absolute Gasteiger partial charge is 0.497 e. The number of hydrogen-bond donors (Lipinski definition) is 0. The van der Waals surface area contributed by atoms with Gasteiger partial charge in [-0.25, -0.2) is 0 Å². The Labute approximate surface area is 93.6 Å². The molecule has 0 aromatic carbocycles. The average molecular weight is 219 g/mol. The van der Waals surface area contributed by atoms with Gasteiger partial charge in [-0.15, -0.1) is 11.3 Å². The fourth-order valence-corrected chi connectivity index (χ4v) is 2.33. The van der Waals surface area contributed by atoms with Crippen molar-refractivity contribution in [3.05, 3.63) is 34.2 Å². The first-order valence-corrected chi connectivity index (χ1v) is 5.65. The summed E-state index contributed by atoms with van der Waals surface area (Å²) in [5.41, 5.74) is 3.49. The van der Waals surface area contributed by atoms with Crippen LogP contribution in [0.15, 0.2) is 23.7 Å². The van der Waals surface area contributed by atoms with E-state index in [0.717, 1.165) is 11.4 Å². The van der Waals surface area contributed by atoms with Crippen LogP contribution in [0.2, 0.25) is 0 Å². The molecule has 78 valence electrons. The lowest BCUT2D eigenvalue weighted by atomic mass is 10.1. The van der Waals surface area contributed by atoms with Crippen LogP contribution in [0.25, 0.3) is 11.3 Å². The molecule has 0 fully saturated rings. The zero-order valence-corrected chi connectivity index (χ0v) is 9.89. The smallest absolute Gasteiger partial charge is 0.122 e. The minimum absolute atomic E-state index is 0.850. The Morgan fingerprint density at radius 3 is 2.73 bits per heavy atom. The number of pyridine rings is 1. The van der Waals surface area contributed by atoms with Crippen LogP contribution in [0.3, 0.4) is 0 Å². The van der Waals surface area contributed by atoms with E-state index in [0.29, 0.717) is 0 Å². The third kappa shape index (κ3) is 1.88. The van der Waals surface area contributed by atoms with E-state index in [1.54, 1.807) is 24.6 Å². The summed E-state index contributed by atoms with van der Waals surface area (Å²) in [7, 11) is 1.67. The lowest BCUT2D eigenvalue weighted by molar-refractivity contribution is 0.414. The number of thiophene rings is 1. The SMILES string of the molecule is COc1ccnc(-c2csc(C)c2C)c1. The Morgan fingerprint density at radius 2 is 2.13 bits per heavy atom. The van der Waals surface area contributed by atoms with Gasteiger partial charge < -0.3 is 4.74 Å². The summed E-state index contributed by atoms with van der Waals surface area (Å²) < 4.78 is 5.19. The molecule has 0 amide bonds. The second-order valence-electron chi connectivity index (χ2n) is 3.41. The molecule has 0 saturated heterocycles. The summed E-state index contributed by atoms with van der Waals surface area (Å²) in [4.78, 5) is 5.70. The number of hydrogen-bond acceptors (Lipinski definition) is 3. The molecule has 2 aromatic rings. The molecule has 0 radical (unpaired) electrons. The maximum atomic E-state index is 5.19. The maximum absolute atomic E-state index is 5.19. The second kappa shape index (κ2) is 4.03. The Bertz CT molecular complexity index is 476. The molecule has 0 spiro atoms. The van der Waals surface area contributed by atoms with Crippen molar-refractivity contribution in [3.63, 3.8) is 0 Å². The highest BCUT2D eigenvalue weighted by atomic mass is 32.1. The molecular formula is C12H13NOS. The molecular weight excluding hydrogens is 206 g/mol. The van der Waals surface area contributed by atoms with Crippen LogP contribution in [0.1, 0.15) is 10.4 Å². The topological polar surface area (TPSA) is 22.1 Å². The van der Waals surface area contributed by atoms with Crippen LogP contribution < -0.4 is 4.74 Å². The van der Waals surface area contributed by atoms with E-state index in [9.17, 15) is 0 Å². The standard InChI is InChI=1S/C12H13NOS/c1-8-9(2)15-7-11(8)12-6-10(14-3)4-5-13-12/h4-7H,1-3H3. The summed E-state index contributed by atoms with van der Waals surface area (Å²) in [5, 5.41) is 2.15. The Morgan fingerprint density at radius 1 is 1.33 bits per heavy atom. The minimum atomic E-state index is 0.850. The number of nitrogens with zero attached hydrogens (tertiary/aromatic N) is 1. The maximum Gasteiger partial charge on any atom is 0.122 e. The highest BCUT2D eigenvalue weighted by Crippen LogP contribution is 2.30. The molecule has 2 nitrogen and oxygen atoms in total. The summed E-state index contributed by atoms with van der Waals surface area (Å²) >= 11 is 1.76. The highest BCUT2D eigenvalue weighted by Gasteiger charge is 2.08. The van der Waals surface area contributed by atoms with Crippen LogP contribution in [0, 0.1) is 13.8 Å². The first kappa shape index (κ1) is 10.2. The quantitative estimate of drug-likeness (QED) is 0.772. The summed E-state index contributed by atoms with van der Waals surface area (Å²) in [6.07, 6.45) is 1.78. The van der Waals surface area contributed by atoms with Crippen molar-refractivity contribution < 1.29 is 4.74 Å². The van der Waals surface area contributed by atoms with Crippen LogP contribution in [0.5, 0.6) is 5.75 Å². The molecule has 0 aliphatic heterocycles. The molecule has 0 saturated carbocycles. The molecule has 0 unspecified atom stereocenters. The van der Waals surface area contributed by atoms with Gasteiger partial charge in [0.05, 0.1) is 12.8 Å². The van der Waals surface area contributed by atoms with Gasteiger partial charge >= 0.3 is 0 Å². The lowest BCUT2D eigenvalue weighted by Gasteiger charge is -2.03. The van der Waals surface area contributed by atoms with Crippen molar-refractivity contribution in [3.8, 4) is 17.0 Å². The van der Waals surface area contributed by atoms with E-state index in [1.165, 1.54) is 16.0 Å². The first-order valence-electron chi connectivity index (χ1n) is 4.77. The number of aromatic nitrogens is 1. The molecule has 15 heavy (non-hydrogen) atoms. The molecule has 2 aromatic heterocycles. The Kier molecular flexibility index (Phi) is 2.73.